The Bertz CT molecular complexity index is 1080. The van der Waals surface area contributed by atoms with Crippen molar-refractivity contribution in [3.8, 4) is 11.5 Å². The van der Waals surface area contributed by atoms with Crippen LogP contribution >= 0.6 is 9.24 Å². The first-order valence-corrected chi connectivity index (χ1v) is 13.0. The number of likely N-dealkylation sites (tertiary alicyclic amines) is 1. The molecule has 2 heterocycles. The van der Waals surface area contributed by atoms with Crippen molar-refractivity contribution in [1.29, 1.82) is 0 Å². The number of pyridine rings is 1. The molecule has 0 N–H and O–H groups in total. The Morgan fingerprint density at radius 2 is 1.84 bits per heavy atom. The average Bonchev–Trinajstić information content (AvgIpc) is 2.91. The minimum Gasteiger partial charge on any atom is -0.494 e. The monoisotopic (exact) mass is 554 g/mol. The lowest BCUT2D eigenvalue weighted by atomic mass is 10.0. The molecule has 1 aromatic carbocycles. The lowest BCUT2D eigenvalue weighted by Gasteiger charge is -2.41. The van der Waals surface area contributed by atoms with Gasteiger partial charge in [0.2, 0.25) is 6.10 Å². The number of piperidine rings is 1. The number of anilines is 2. The summed E-state index contributed by atoms with van der Waals surface area (Å²) >= 11 is 0. The second-order valence-corrected chi connectivity index (χ2v) is 8.54. The van der Waals surface area contributed by atoms with Gasteiger partial charge in [0.15, 0.2) is 0 Å². The molecule has 0 bridgehead atoms. The van der Waals surface area contributed by atoms with Gasteiger partial charge in [0.25, 0.3) is 0 Å². The predicted molar refractivity (Wildman–Crippen MR) is 148 cm³/mol. The molecule has 2 aromatic rings. The second-order valence-electron chi connectivity index (χ2n) is 8.01. The van der Waals surface area contributed by atoms with Gasteiger partial charge in [-0.3, -0.25) is 9.98 Å². The molecule has 1 aliphatic heterocycles. The quantitative estimate of drug-likeness (QED) is 0.185. The number of methoxy groups -OCH3 is 1. The van der Waals surface area contributed by atoms with Gasteiger partial charge in [0.05, 0.1) is 25.2 Å². The number of alkyl halides is 4. The van der Waals surface area contributed by atoms with Crippen LogP contribution in [0.3, 0.4) is 0 Å². The number of hydrogen-bond acceptors (Lipinski definition) is 6. The molecule has 1 aliphatic rings. The van der Waals surface area contributed by atoms with Gasteiger partial charge in [-0.1, -0.05) is 35.7 Å². The summed E-state index contributed by atoms with van der Waals surface area (Å²) in [7, 11) is 3.53. The highest BCUT2D eigenvalue weighted by atomic mass is 31.0. The first-order chi connectivity index (χ1) is 18.1. The molecule has 0 radical (unpaired) electrons. The number of nitrogens with zero attached hydrogens (tertiary/aromatic N) is 4. The van der Waals surface area contributed by atoms with Crippen molar-refractivity contribution >= 4 is 26.8 Å². The number of aromatic nitrogens is 1. The third-order valence-electron chi connectivity index (χ3n) is 5.77. The summed E-state index contributed by atoms with van der Waals surface area (Å²) in [4.78, 5) is 11.9. The fourth-order valence-corrected chi connectivity index (χ4v) is 4.18. The summed E-state index contributed by atoms with van der Waals surface area (Å²) in [5, 5.41) is 0. The predicted octanol–water partition coefficient (Wildman–Crippen LogP) is 7.28. The molecule has 0 aliphatic carbocycles. The molecule has 0 saturated carbocycles. The zero-order valence-corrected chi connectivity index (χ0v) is 23.2. The lowest BCUT2D eigenvalue weighted by Crippen LogP contribution is -2.43. The van der Waals surface area contributed by atoms with Crippen LogP contribution in [0.15, 0.2) is 71.8 Å². The molecule has 3 rings (SSSR count). The number of allylic oxidation sites excluding steroid dienone is 3. The SMILES string of the molecule is C=C(N=C/C(=C\C)N1CCC(N(c2ccc(OC(F)P)cc2)c2cnccc2OC)CC1)C(F)(F)F.CC. The smallest absolute Gasteiger partial charge is 0.432 e. The van der Waals surface area contributed by atoms with E-state index < -0.39 is 18.0 Å². The Morgan fingerprint density at radius 3 is 2.37 bits per heavy atom. The highest BCUT2D eigenvalue weighted by Crippen LogP contribution is 2.38. The van der Waals surface area contributed by atoms with Crippen molar-refractivity contribution < 1.29 is 27.0 Å². The Morgan fingerprint density at radius 1 is 1.21 bits per heavy atom. The fraction of sp³-hybridized carbons (Fsp3) is 0.407. The number of hydrogen-bond donors (Lipinski definition) is 0. The molecule has 6 nitrogen and oxygen atoms in total. The number of aliphatic imine (C=N–C) groups is 1. The molecule has 2 atom stereocenters. The van der Waals surface area contributed by atoms with Gasteiger partial charge in [0.1, 0.15) is 22.9 Å². The van der Waals surface area contributed by atoms with Gasteiger partial charge in [0, 0.05) is 37.1 Å². The van der Waals surface area contributed by atoms with Gasteiger partial charge in [-0.05, 0) is 44.0 Å². The molecular weight excluding hydrogens is 519 g/mol. The van der Waals surface area contributed by atoms with E-state index in [0.29, 0.717) is 43.1 Å². The maximum absolute atomic E-state index is 13.2. The van der Waals surface area contributed by atoms with E-state index in [0.717, 1.165) is 11.4 Å². The highest BCUT2D eigenvalue weighted by Gasteiger charge is 2.32. The third-order valence-corrected chi connectivity index (χ3v) is 5.91. The third kappa shape index (κ3) is 8.45. The van der Waals surface area contributed by atoms with Gasteiger partial charge >= 0.3 is 6.18 Å². The molecule has 2 unspecified atom stereocenters. The van der Waals surface area contributed by atoms with E-state index >= 15 is 0 Å². The average molecular weight is 555 g/mol. The maximum Gasteiger partial charge on any atom is 0.432 e. The number of rotatable bonds is 9. The lowest BCUT2D eigenvalue weighted by molar-refractivity contribution is -0.0918. The Hall–Kier alpha value is -3.13. The molecular formula is C27H35F4N4O2P. The van der Waals surface area contributed by atoms with E-state index in [1.165, 1.54) is 6.21 Å². The van der Waals surface area contributed by atoms with Gasteiger partial charge < -0.3 is 19.3 Å². The van der Waals surface area contributed by atoms with E-state index in [4.69, 9.17) is 9.47 Å². The van der Waals surface area contributed by atoms with E-state index in [9.17, 15) is 17.6 Å². The van der Waals surface area contributed by atoms with Crippen molar-refractivity contribution in [3.63, 3.8) is 0 Å². The summed E-state index contributed by atoms with van der Waals surface area (Å²) in [6.07, 6.45) is 1.66. The normalized spacial score (nSPS) is 15.5. The van der Waals surface area contributed by atoms with Crippen LogP contribution in [0.1, 0.15) is 33.6 Å². The second kappa shape index (κ2) is 14.7. The van der Waals surface area contributed by atoms with E-state index in [2.05, 4.69) is 21.5 Å². The van der Waals surface area contributed by atoms with E-state index in [1.54, 1.807) is 50.7 Å². The number of benzene rings is 1. The summed E-state index contributed by atoms with van der Waals surface area (Å²) in [6.45, 7) is 9.96. The first-order valence-electron chi connectivity index (χ1n) is 12.3. The zero-order chi connectivity index (χ0) is 28.3. The highest BCUT2D eigenvalue weighted by molar-refractivity contribution is 7.16. The van der Waals surface area contributed by atoms with Crippen LogP contribution in [0.2, 0.25) is 0 Å². The minimum absolute atomic E-state index is 0.0435. The van der Waals surface area contributed by atoms with Crippen LogP contribution in [-0.4, -0.2) is 54.6 Å². The van der Waals surface area contributed by atoms with Crippen LogP contribution < -0.4 is 14.4 Å². The van der Waals surface area contributed by atoms with Crippen LogP contribution in [0, 0.1) is 0 Å². The summed E-state index contributed by atoms with van der Waals surface area (Å²) < 4.78 is 62.2. The van der Waals surface area contributed by atoms with Gasteiger partial charge in [-0.25, -0.2) is 0 Å². The van der Waals surface area contributed by atoms with Crippen LogP contribution in [0.5, 0.6) is 11.5 Å². The molecule has 208 valence electrons. The van der Waals surface area contributed by atoms with Gasteiger partial charge in [-0.2, -0.15) is 17.6 Å². The molecule has 1 saturated heterocycles. The minimum atomic E-state index is -4.56. The number of halogens is 4. The summed E-state index contributed by atoms with van der Waals surface area (Å²) in [5.74, 6) is 1.04. The summed E-state index contributed by atoms with van der Waals surface area (Å²) in [5.41, 5.74) is 1.08. The topological polar surface area (TPSA) is 50.2 Å². The van der Waals surface area contributed by atoms with Crippen LogP contribution in [-0.2, 0) is 0 Å². The van der Waals surface area contributed by atoms with E-state index in [1.807, 2.05) is 40.1 Å². The Labute approximate surface area is 224 Å². The Balaban J connectivity index is 0.00000247. The van der Waals surface area contributed by atoms with Crippen molar-refractivity contribution in [2.45, 2.75) is 51.9 Å². The molecule has 38 heavy (non-hydrogen) atoms. The van der Waals surface area contributed by atoms with Crippen molar-refractivity contribution in [1.82, 2.24) is 9.88 Å². The number of ether oxygens (including phenoxy) is 2. The Kier molecular flexibility index (Phi) is 12.0. The van der Waals surface area contributed by atoms with Crippen LogP contribution in [0.4, 0.5) is 28.9 Å². The molecule has 0 spiro atoms. The van der Waals surface area contributed by atoms with Crippen molar-refractivity contribution in [3.05, 3.63) is 66.8 Å². The molecule has 11 heteroatoms. The molecule has 1 aromatic heterocycles. The van der Waals surface area contributed by atoms with E-state index in [-0.39, 0.29) is 6.04 Å². The molecule has 0 amide bonds. The standard InChI is InChI=1S/C25H29F4N4O2P.C2H6/c1-4-18(15-31-17(2)25(27,28)29)32-13-10-20(11-14-32)33(22-16-30-12-9-23(22)34-3)19-5-7-21(8-6-19)35-24(26)36;1-2/h4-9,12,15-16,20,24H,2,10-11,13-14,36H2,1,3H3;1-2H3/b18-4+,31-15?;. The van der Waals surface area contributed by atoms with Gasteiger partial charge in [-0.15, -0.1) is 0 Å². The first kappa shape index (κ1) is 31.1. The zero-order valence-electron chi connectivity index (χ0n) is 22.1. The van der Waals surface area contributed by atoms with Crippen molar-refractivity contribution in [2.75, 3.05) is 25.1 Å². The molecule has 1 fully saturated rings. The largest absolute Gasteiger partial charge is 0.494 e. The van der Waals surface area contributed by atoms with Crippen molar-refractivity contribution in [2.24, 2.45) is 4.99 Å². The summed E-state index contributed by atoms with van der Waals surface area (Å²) in [6, 6.07) is 8.89. The van der Waals surface area contributed by atoms with Crippen LogP contribution in [0.25, 0.3) is 0 Å². The maximum atomic E-state index is 13.2. The fourth-order valence-electron chi connectivity index (χ4n) is 4.03.